The van der Waals surface area contributed by atoms with Gasteiger partial charge in [-0.2, -0.15) is 0 Å². The number of methoxy groups -OCH3 is 1. The van der Waals surface area contributed by atoms with Crippen LogP contribution in [0.3, 0.4) is 0 Å². The van der Waals surface area contributed by atoms with Gasteiger partial charge in [0.05, 0.1) is 18.1 Å². The number of benzene rings is 10. The molecule has 0 N–H and O–H groups in total. The highest BCUT2D eigenvalue weighted by Crippen LogP contribution is 2.51. The Morgan fingerprint density at radius 3 is 1.71 bits per heavy atom. The summed E-state index contributed by atoms with van der Waals surface area (Å²) < 4.78 is 8.05. The van der Waals surface area contributed by atoms with Gasteiger partial charge in [0, 0.05) is 56.0 Å². The van der Waals surface area contributed by atoms with Gasteiger partial charge in [0.15, 0.2) is 0 Å². The van der Waals surface area contributed by atoms with E-state index in [-0.39, 0.29) is 5.41 Å². The lowest BCUT2D eigenvalue weighted by Crippen LogP contribution is -2.17. The van der Waals surface area contributed by atoms with Crippen LogP contribution in [-0.2, 0) is 5.41 Å². The summed E-state index contributed by atoms with van der Waals surface area (Å²) in [4.78, 5) is 4.77. The fraction of sp³-hybridized carbons (Fsp3) is 0.0645. The van der Waals surface area contributed by atoms with Gasteiger partial charge >= 0.3 is 0 Å². The summed E-state index contributed by atoms with van der Waals surface area (Å²) in [7, 11) is 1.71. The predicted octanol–water partition coefficient (Wildman–Crippen LogP) is 16.9. The molecule has 0 aliphatic heterocycles. The maximum atomic E-state index is 5.64. The third-order valence-electron chi connectivity index (χ3n) is 13.6. The number of fused-ring (bicyclic) bond motifs is 7. The zero-order valence-corrected chi connectivity index (χ0v) is 37.2. The first-order valence-corrected chi connectivity index (χ1v) is 22.7. The van der Waals surface area contributed by atoms with Crippen molar-refractivity contribution in [2.45, 2.75) is 19.3 Å². The molecule has 12 rings (SSSR count). The Hall–Kier alpha value is -8.34. The molecule has 66 heavy (non-hydrogen) atoms. The van der Waals surface area contributed by atoms with Gasteiger partial charge in [-0.15, -0.1) is 0 Å². The van der Waals surface area contributed by atoms with E-state index in [1.807, 2.05) is 12.1 Å². The van der Waals surface area contributed by atoms with E-state index in [2.05, 4.69) is 247 Å². The molecule has 1 aliphatic carbocycles. The molecular weight excluding hydrogens is 803 g/mol. The number of hydrogen-bond acceptors (Lipinski definition) is 3. The molecule has 10 aromatic carbocycles. The van der Waals surface area contributed by atoms with Gasteiger partial charge in [-0.25, -0.2) is 0 Å². The summed E-state index contributed by atoms with van der Waals surface area (Å²) in [5, 5.41) is 4.88. The molecule has 0 saturated heterocycles. The maximum Gasteiger partial charge on any atom is 0.119 e. The molecule has 0 amide bonds. The lowest BCUT2D eigenvalue weighted by Gasteiger charge is -2.31. The normalized spacial score (nSPS) is 12.6. The van der Waals surface area contributed by atoms with Crippen molar-refractivity contribution in [1.82, 2.24) is 4.57 Å². The number of hydrogen-bond donors (Lipinski definition) is 0. The quantitative estimate of drug-likeness (QED) is 0.144. The Balaban J connectivity index is 1.10. The van der Waals surface area contributed by atoms with Crippen molar-refractivity contribution in [3.8, 4) is 33.7 Å². The number of para-hydroxylation sites is 3. The second-order valence-corrected chi connectivity index (χ2v) is 17.8. The molecule has 0 saturated carbocycles. The van der Waals surface area contributed by atoms with Gasteiger partial charge in [-0.1, -0.05) is 135 Å². The molecule has 0 spiro atoms. The van der Waals surface area contributed by atoms with Gasteiger partial charge < -0.3 is 19.1 Å². The summed E-state index contributed by atoms with van der Waals surface area (Å²) in [6.07, 6.45) is 0. The Bertz CT molecular complexity index is 3610. The van der Waals surface area contributed by atoms with E-state index >= 15 is 0 Å². The van der Waals surface area contributed by atoms with Crippen LogP contribution in [0.2, 0.25) is 0 Å². The summed E-state index contributed by atoms with van der Waals surface area (Å²) in [5.41, 5.74) is 17.3. The number of anilines is 6. The standard InChI is InChI=1S/C62H47N3O/c1-62(2)58-24-14-12-22-54(58)55-34-31-50(41-59(55)62)64(47-20-8-5-9-21-47)52-38-45(37-51(40-52)63(46-18-6-4-7-19-46)48-29-32-53(66-3)33-30-48)44-27-35-61-57(39-44)56-23-13-15-25-60(56)65(61)49-28-26-42-16-10-11-17-43(42)36-49/h4-41H,1-3H3. The first-order valence-electron chi connectivity index (χ1n) is 22.7. The lowest BCUT2D eigenvalue weighted by atomic mass is 9.82. The summed E-state index contributed by atoms with van der Waals surface area (Å²) in [5.74, 6) is 0.814. The Morgan fingerprint density at radius 2 is 0.970 bits per heavy atom. The van der Waals surface area contributed by atoms with Crippen LogP contribution in [0.25, 0.3) is 60.5 Å². The van der Waals surface area contributed by atoms with Crippen molar-refractivity contribution < 1.29 is 4.74 Å². The minimum absolute atomic E-state index is 0.156. The van der Waals surface area contributed by atoms with Gasteiger partial charge in [0.1, 0.15) is 5.75 Å². The minimum atomic E-state index is -0.156. The molecule has 4 nitrogen and oxygen atoms in total. The lowest BCUT2D eigenvalue weighted by molar-refractivity contribution is 0.415. The zero-order chi connectivity index (χ0) is 44.4. The van der Waals surface area contributed by atoms with Crippen LogP contribution in [-0.4, -0.2) is 11.7 Å². The van der Waals surface area contributed by atoms with Crippen LogP contribution in [0, 0.1) is 0 Å². The molecule has 0 fully saturated rings. The van der Waals surface area contributed by atoms with Crippen molar-refractivity contribution in [3.63, 3.8) is 0 Å². The van der Waals surface area contributed by atoms with E-state index in [4.69, 9.17) is 4.74 Å². The second kappa shape index (κ2) is 15.7. The maximum absolute atomic E-state index is 5.64. The van der Waals surface area contributed by atoms with Crippen LogP contribution in [0.4, 0.5) is 34.1 Å². The van der Waals surface area contributed by atoms with Crippen LogP contribution < -0.4 is 14.5 Å². The molecule has 0 bridgehead atoms. The molecule has 316 valence electrons. The first kappa shape index (κ1) is 39.3. The smallest absolute Gasteiger partial charge is 0.119 e. The number of ether oxygens (including phenoxy) is 1. The number of nitrogens with zero attached hydrogens (tertiary/aromatic N) is 3. The zero-order valence-electron chi connectivity index (χ0n) is 37.2. The Kier molecular flexibility index (Phi) is 9.35. The summed E-state index contributed by atoms with van der Waals surface area (Å²) in [6.45, 7) is 4.71. The number of aromatic nitrogens is 1. The fourth-order valence-corrected chi connectivity index (χ4v) is 10.4. The molecule has 1 aromatic heterocycles. The minimum Gasteiger partial charge on any atom is -0.497 e. The first-order chi connectivity index (χ1) is 32.4. The highest BCUT2D eigenvalue weighted by molar-refractivity contribution is 6.11. The summed E-state index contributed by atoms with van der Waals surface area (Å²) >= 11 is 0. The van der Waals surface area contributed by atoms with Crippen molar-refractivity contribution >= 4 is 66.7 Å². The van der Waals surface area contributed by atoms with Crippen molar-refractivity contribution in [3.05, 3.63) is 242 Å². The monoisotopic (exact) mass is 849 g/mol. The van der Waals surface area contributed by atoms with Gasteiger partial charge in [0.2, 0.25) is 0 Å². The second-order valence-electron chi connectivity index (χ2n) is 17.8. The highest BCUT2D eigenvalue weighted by Gasteiger charge is 2.36. The van der Waals surface area contributed by atoms with E-state index in [9.17, 15) is 0 Å². The third kappa shape index (κ3) is 6.52. The Morgan fingerprint density at radius 1 is 0.379 bits per heavy atom. The van der Waals surface area contributed by atoms with E-state index in [1.54, 1.807) is 7.11 Å². The van der Waals surface area contributed by atoms with Crippen LogP contribution in [0.1, 0.15) is 25.0 Å². The topological polar surface area (TPSA) is 20.6 Å². The Labute approximate surface area is 385 Å². The molecular formula is C62H47N3O. The molecule has 1 aliphatic rings. The van der Waals surface area contributed by atoms with E-state index < -0.39 is 0 Å². The van der Waals surface area contributed by atoms with Crippen molar-refractivity contribution in [2.75, 3.05) is 16.9 Å². The van der Waals surface area contributed by atoms with E-state index in [1.165, 1.54) is 54.8 Å². The predicted molar refractivity (Wildman–Crippen MR) is 277 cm³/mol. The molecule has 0 radical (unpaired) electrons. The van der Waals surface area contributed by atoms with Crippen molar-refractivity contribution in [1.29, 1.82) is 0 Å². The van der Waals surface area contributed by atoms with Crippen molar-refractivity contribution in [2.24, 2.45) is 0 Å². The third-order valence-corrected chi connectivity index (χ3v) is 13.6. The highest BCUT2D eigenvalue weighted by atomic mass is 16.5. The van der Waals surface area contributed by atoms with Gasteiger partial charge in [0.25, 0.3) is 0 Å². The molecule has 11 aromatic rings. The average molecular weight is 850 g/mol. The molecule has 0 atom stereocenters. The summed E-state index contributed by atoms with van der Waals surface area (Å²) in [6, 6.07) is 83.9. The molecule has 4 heteroatoms. The van der Waals surface area contributed by atoms with E-state index in [0.29, 0.717) is 0 Å². The molecule has 1 heterocycles. The largest absolute Gasteiger partial charge is 0.497 e. The average Bonchev–Trinajstić information content (AvgIpc) is 3.82. The van der Waals surface area contributed by atoms with Crippen LogP contribution >= 0.6 is 0 Å². The van der Waals surface area contributed by atoms with Crippen LogP contribution in [0.5, 0.6) is 5.75 Å². The van der Waals surface area contributed by atoms with Crippen LogP contribution in [0.15, 0.2) is 231 Å². The number of rotatable bonds is 9. The van der Waals surface area contributed by atoms with Gasteiger partial charge in [-0.05, 0) is 153 Å². The van der Waals surface area contributed by atoms with Gasteiger partial charge in [-0.3, -0.25) is 0 Å². The SMILES string of the molecule is COc1ccc(N(c2ccccc2)c2cc(-c3ccc4c(c3)c3ccccc3n4-c3ccc4ccccc4c3)cc(N(c3ccccc3)c3ccc4c(c3)C(C)(C)c3ccccc3-4)c2)cc1. The van der Waals surface area contributed by atoms with E-state index in [0.717, 1.165) is 56.7 Å². The fourth-order valence-electron chi connectivity index (χ4n) is 10.4. The molecule has 0 unspecified atom stereocenters.